The van der Waals surface area contributed by atoms with Crippen molar-refractivity contribution in [3.8, 4) is 0 Å². The van der Waals surface area contributed by atoms with E-state index in [1.165, 1.54) is 0 Å². The van der Waals surface area contributed by atoms with E-state index in [2.05, 4.69) is 39.1 Å². The number of nitrogens with zero attached hydrogens (tertiary/aromatic N) is 3. The molecule has 18 heavy (non-hydrogen) atoms. The topological polar surface area (TPSA) is 56.8 Å². The van der Waals surface area contributed by atoms with Crippen LogP contribution in [-0.2, 0) is 0 Å². The van der Waals surface area contributed by atoms with E-state index < -0.39 is 0 Å². The first-order chi connectivity index (χ1) is 8.75. The summed E-state index contributed by atoms with van der Waals surface area (Å²) in [5, 5.41) is 4.56. The molecule has 2 N–H and O–H groups in total. The molecule has 5 nitrogen and oxygen atoms in total. The van der Waals surface area contributed by atoms with Gasteiger partial charge in [-0.3, -0.25) is 0 Å². The van der Waals surface area contributed by atoms with Crippen LogP contribution in [0.15, 0.2) is 18.6 Å². The zero-order valence-electron chi connectivity index (χ0n) is 10.8. The molecule has 5 heteroatoms. The van der Waals surface area contributed by atoms with Gasteiger partial charge in [0.2, 0.25) is 0 Å². The molecule has 0 amide bonds. The van der Waals surface area contributed by atoms with Crippen molar-refractivity contribution in [1.29, 1.82) is 0 Å². The Bertz CT molecular complexity index is 535. The molecular formula is C13H19N5. The third-order valence-corrected chi connectivity index (χ3v) is 3.86. The maximum Gasteiger partial charge on any atom is 0.142 e. The van der Waals surface area contributed by atoms with Crippen LogP contribution in [0.4, 0.5) is 5.82 Å². The van der Waals surface area contributed by atoms with Crippen LogP contribution in [0.25, 0.3) is 11.0 Å². The lowest BCUT2D eigenvalue weighted by Crippen LogP contribution is -2.52. The molecule has 1 saturated heterocycles. The van der Waals surface area contributed by atoms with Crippen molar-refractivity contribution in [3.63, 3.8) is 0 Å². The number of nitrogens with one attached hydrogen (secondary N) is 2. The minimum absolute atomic E-state index is 0.663. The Morgan fingerprint density at radius 1 is 1.44 bits per heavy atom. The molecule has 2 atom stereocenters. The summed E-state index contributed by atoms with van der Waals surface area (Å²) in [5.74, 6) is 1.81. The van der Waals surface area contributed by atoms with Gasteiger partial charge in [0.05, 0.1) is 5.39 Å². The van der Waals surface area contributed by atoms with Crippen molar-refractivity contribution in [2.24, 2.45) is 5.92 Å². The van der Waals surface area contributed by atoms with E-state index in [0.29, 0.717) is 6.04 Å². The van der Waals surface area contributed by atoms with Gasteiger partial charge in [-0.15, -0.1) is 0 Å². The summed E-state index contributed by atoms with van der Waals surface area (Å²) in [5.41, 5.74) is 0.905. The lowest BCUT2D eigenvalue weighted by Gasteiger charge is -2.36. The molecule has 0 aromatic carbocycles. The Kier molecular flexibility index (Phi) is 2.91. The number of hydrogen-bond donors (Lipinski definition) is 2. The summed E-state index contributed by atoms with van der Waals surface area (Å²) in [6.45, 7) is 4.47. The third-order valence-electron chi connectivity index (χ3n) is 3.86. The molecule has 0 spiro atoms. The van der Waals surface area contributed by atoms with Crippen LogP contribution in [0.5, 0.6) is 0 Å². The van der Waals surface area contributed by atoms with Crippen molar-refractivity contribution in [3.05, 3.63) is 18.6 Å². The molecule has 1 aliphatic heterocycles. The first kappa shape index (κ1) is 11.5. The smallest absolute Gasteiger partial charge is 0.142 e. The van der Waals surface area contributed by atoms with Crippen LogP contribution in [0.2, 0.25) is 0 Å². The summed E-state index contributed by atoms with van der Waals surface area (Å²) in [7, 11) is 2.10. The Hall–Kier alpha value is -1.62. The molecule has 1 aliphatic rings. The minimum atomic E-state index is 0.663. The van der Waals surface area contributed by atoms with E-state index >= 15 is 0 Å². The quantitative estimate of drug-likeness (QED) is 0.854. The highest BCUT2D eigenvalue weighted by atomic mass is 15.2. The molecule has 0 saturated carbocycles. The molecular weight excluding hydrogens is 226 g/mol. The van der Waals surface area contributed by atoms with Crippen molar-refractivity contribution < 1.29 is 0 Å². The zero-order chi connectivity index (χ0) is 12.5. The normalized spacial score (nSPS) is 23.0. The second kappa shape index (κ2) is 4.57. The molecule has 96 valence electrons. The Balaban J connectivity index is 1.71. The van der Waals surface area contributed by atoms with Crippen LogP contribution in [-0.4, -0.2) is 41.1 Å². The molecule has 3 rings (SSSR count). The fraction of sp³-hybridized carbons (Fsp3) is 0.538. The Morgan fingerprint density at radius 2 is 2.33 bits per heavy atom. The molecule has 0 radical (unpaired) electrons. The van der Waals surface area contributed by atoms with E-state index in [1.807, 2.05) is 12.3 Å². The number of aromatic nitrogens is 3. The van der Waals surface area contributed by atoms with Gasteiger partial charge in [-0.05, 0) is 24.9 Å². The van der Waals surface area contributed by atoms with Crippen LogP contribution < -0.4 is 10.2 Å². The van der Waals surface area contributed by atoms with Crippen LogP contribution in [0.3, 0.4) is 0 Å². The lowest BCUT2D eigenvalue weighted by molar-refractivity contribution is 0.242. The van der Waals surface area contributed by atoms with Gasteiger partial charge in [0, 0.05) is 25.8 Å². The molecule has 0 aliphatic carbocycles. The number of fused-ring (bicyclic) bond motifs is 1. The van der Waals surface area contributed by atoms with E-state index in [4.69, 9.17) is 0 Å². The maximum absolute atomic E-state index is 4.39. The number of anilines is 1. The Morgan fingerprint density at radius 3 is 3.06 bits per heavy atom. The molecule has 1 fully saturated rings. The molecule has 3 heterocycles. The van der Waals surface area contributed by atoms with Gasteiger partial charge in [-0.2, -0.15) is 0 Å². The highest BCUT2D eigenvalue weighted by Crippen LogP contribution is 2.22. The molecule has 2 aromatic heterocycles. The van der Waals surface area contributed by atoms with Crippen LogP contribution in [0, 0.1) is 5.92 Å². The summed E-state index contributed by atoms with van der Waals surface area (Å²) < 4.78 is 0. The standard InChI is InChI=1S/C13H19N5/c1-9-7-15-11(9)4-6-18(2)13-10-3-5-14-12(10)16-8-17-13/h3,5,8-9,11,15H,4,6-7H2,1-2H3,(H,14,16,17)/t9-,11+/m0/s1. The second-order valence-corrected chi connectivity index (χ2v) is 5.14. The SMILES string of the molecule is C[C@H]1CN[C@@H]1CCN(C)c1ncnc2[nH]ccc12. The fourth-order valence-corrected chi connectivity index (χ4v) is 2.51. The number of aromatic amines is 1. The van der Waals surface area contributed by atoms with Crippen molar-refractivity contribution in [2.45, 2.75) is 19.4 Å². The summed E-state index contributed by atoms with van der Waals surface area (Å²) in [6.07, 6.45) is 4.69. The van der Waals surface area contributed by atoms with Gasteiger partial charge >= 0.3 is 0 Å². The van der Waals surface area contributed by atoms with Crippen molar-refractivity contribution in [2.75, 3.05) is 25.0 Å². The predicted octanol–water partition coefficient (Wildman–Crippen LogP) is 1.39. The summed E-state index contributed by atoms with van der Waals surface area (Å²) >= 11 is 0. The monoisotopic (exact) mass is 245 g/mol. The van der Waals surface area contributed by atoms with E-state index in [-0.39, 0.29) is 0 Å². The van der Waals surface area contributed by atoms with Crippen molar-refractivity contribution >= 4 is 16.9 Å². The lowest BCUT2D eigenvalue weighted by atomic mass is 9.91. The predicted molar refractivity (Wildman–Crippen MR) is 72.7 cm³/mol. The van der Waals surface area contributed by atoms with Gasteiger partial charge in [-0.25, -0.2) is 9.97 Å². The van der Waals surface area contributed by atoms with E-state index in [9.17, 15) is 0 Å². The first-order valence-electron chi connectivity index (χ1n) is 6.48. The Labute approximate surface area is 107 Å². The minimum Gasteiger partial charge on any atom is -0.359 e. The largest absolute Gasteiger partial charge is 0.359 e. The molecule has 0 bridgehead atoms. The summed E-state index contributed by atoms with van der Waals surface area (Å²) in [6, 6.07) is 2.70. The summed E-state index contributed by atoms with van der Waals surface area (Å²) in [4.78, 5) is 13.9. The van der Waals surface area contributed by atoms with Gasteiger partial charge in [0.15, 0.2) is 0 Å². The highest BCUT2D eigenvalue weighted by Gasteiger charge is 2.25. The zero-order valence-corrected chi connectivity index (χ0v) is 10.8. The highest BCUT2D eigenvalue weighted by molar-refractivity contribution is 5.87. The average molecular weight is 245 g/mol. The average Bonchev–Trinajstić information content (AvgIpc) is 2.84. The number of rotatable bonds is 4. The fourth-order valence-electron chi connectivity index (χ4n) is 2.51. The molecule has 0 unspecified atom stereocenters. The van der Waals surface area contributed by atoms with E-state index in [0.717, 1.165) is 42.3 Å². The van der Waals surface area contributed by atoms with E-state index in [1.54, 1.807) is 6.33 Å². The van der Waals surface area contributed by atoms with Gasteiger partial charge in [0.1, 0.15) is 17.8 Å². The second-order valence-electron chi connectivity index (χ2n) is 5.14. The van der Waals surface area contributed by atoms with Gasteiger partial charge in [0.25, 0.3) is 0 Å². The molecule has 2 aromatic rings. The number of hydrogen-bond acceptors (Lipinski definition) is 4. The van der Waals surface area contributed by atoms with Gasteiger partial charge < -0.3 is 15.2 Å². The van der Waals surface area contributed by atoms with Crippen molar-refractivity contribution in [1.82, 2.24) is 20.3 Å². The van der Waals surface area contributed by atoms with Gasteiger partial charge in [-0.1, -0.05) is 6.92 Å². The third kappa shape index (κ3) is 1.95. The number of H-pyrrole nitrogens is 1. The first-order valence-corrected chi connectivity index (χ1v) is 6.48. The van der Waals surface area contributed by atoms with Crippen LogP contribution in [0.1, 0.15) is 13.3 Å². The maximum atomic E-state index is 4.39. The van der Waals surface area contributed by atoms with Crippen LogP contribution >= 0.6 is 0 Å².